The van der Waals surface area contributed by atoms with Crippen molar-refractivity contribution in [2.75, 3.05) is 6.54 Å². The molecule has 138 valence electrons. The van der Waals surface area contributed by atoms with Crippen molar-refractivity contribution in [1.29, 1.82) is 0 Å². The third-order valence-corrected chi connectivity index (χ3v) is 5.10. The maximum absolute atomic E-state index is 12.8. The van der Waals surface area contributed by atoms with Crippen molar-refractivity contribution < 1.29 is 4.79 Å². The van der Waals surface area contributed by atoms with Gasteiger partial charge in [0.2, 0.25) is 5.91 Å². The number of amides is 1. The van der Waals surface area contributed by atoms with E-state index in [-0.39, 0.29) is 11.9 Å². The van der Waals surface area contributed by atoms with Crippen LogP contribution in [0.2, 0.25) is 0 Å². The van der Waals surface area contributed by atoms with Crippen LogP contribution in [0.15, 0.2) is 55.1 Å². The van der Waals surface area contributed by atoms with E-state index in [1.807, 2.05) is 40.8 Å². The lowest BCUT2D eigenvalue weighted by Crippen LogP contribution is -2.31. The number of hydrogen-bond donors (Lipinski definition) is 0. The summed E-state index contributed by atoms with van der Waals surface area (Å²) in [7, 11) is 0. The molecular weight excluding hydrogens is 338 g/mol. The molecule has 2 aromatic heterocycles. The van der Waals surface area contributed by atoms with E-state index in [2.05, 4.69) is 22.1 Å². The predicted octanol–water partition coefficient (Wildman–Crippen LogP) is 3.27. The third-order valence-electron chi connectivity index (χ3n) is 5.10. The zero-order chi connectivity index (χ0) is 18.6. The number of likely N-dealkylation sites (tertiary alicyclic amines) is 1. The summed E-state index contributed by atoms with van der Waals surface area (Å²) in [5.74, 6) is 1.79. The molecule has 0 radical (unpaired) electrons. The molecular formula is C21H23N5O. The number of imidazole rings is 1. The van der Waals surface area contributed by atoms with Gasteiger partial charge >= 0.3 is 0 Å². The number of hydrogen-bond acceptors (Lipinski definition) is 4. The molecule has 0 aliphatic carbocycles. The molecule has 3 aromatic rings. The van der Waals surface area contributed by atoms with Crippen molar-refractivity contribution in [2.24, 2.45) is 0 Å². The second-order valence-corrected chi connectivity index (χ2v) is 6.88. The van der Waals surface area contributed by atoms with E-state index < -0.39 is 0 Å². The molecule has 0 N–H and O–H groups in total. The van der Waals surface area contributed by atoms with Gasteiger partial charge in [0.25, 0.3) is 0 Å². The van der Waals surface area contributed by atoms with Crippen molar-refractivity contribution in [3.05, 3.63) is 72.2 Å². The van der Waals surface area contributed by atoms with E-state index in [0.29, 0.717) is 6.42 Å². The minimum Gasteiger partial charge on any atom is -0.334 e. The van der Waals surface area contributed by atoms with Crippen molar-refractivity contribution in [2.45, 2.75) is 38.6 Å². The molecule has 4 rings (SSSR count). The van der Waals surface area contributed by atoms with Crippen LogP contribution in [-0.2, 0) is 11.2 Å². The Hall–Kier alpha value is -3.02. The third kappa shape index (κ3) is 3.74. The molecule has 1 fully saturated rings. The van der Waals surface area contributed by atoms with E-state index in [1.165, 1.54) is 5.56 Å². The molecule has 6 heteroatoms. The zero-order valence-corrected chi connectivity index (χ0v) is 15.5. The SMILES string of the molecule is Cc1nccn1-c1cncc(C2CCCN2C(=O)CCc2ccccc2)n1. The minimum absolute atomic E-state index is 0.00421. The van der Waals surface area contributed by atoms with E-state index in [9.17, 15) is 4.79 Å². The lowest BCUT2D eigenvalue weighted by atomic mass is 10.1. The fourth-order valence-corrected chi connectivity index (χ4v) is 3.68. The van der Waals surface area contributed by atoms with Gasteiger partial charge in [0, 0.05) is 25.4 Å². The first-order chi connectivity index (χ1) is 13.2. The van der Waals surface area contributed by atoms with Crippen LogP contribution < -0.4 is 0 Å². The number of aromatic nitrogens is 4. The van der Waals surface area contributed by atoms with Gasteiger partial charge in [0.05, 0.1) is 24.1 Å². The van der Waals surface area contributed by atoms with Crippen LogP contribution in [0.5, 0.6) is 0 Å². The van der Waals surface area contributed by atoms with Gasteiger partial charge in [0.15, 0.2) is 5.82 Å². The molecule has 0 spiro atoms. The molecule has 3 heterocycles. The Kier molecular flexibility index (Phi) is 4.96. The Morgan fingerprint density at radius 3 is 2.85 bits per heavy atom. The molecule has 1 atom stereocenters. The van der Waals surface area contributed by atoms with Gasteiger partial charge in [-0.3, -0.25) is 14.3 Å². The highest BCUT2D eigenvalue weighted by atomic mass is 16.2. The monoisotopic (exact) mass is 361 g/mol. The smallest absolute Gasteiger partial charge is 0.223 e. The summed E-state index contributed by atoms with van der Waals surface area (Å²) in [6.07, 6.45) is 10.4. The van der Waals surface area contributed by atoms with Crippen LogP contribution in [-0.4, -0.2) is 36.9 Å². The summed E-state index contributed by atoms with van der Waals surface area (Å²) in [4.78, 5) is 28.2. The van der Waals surface area contributed by atoms with E-state index >= 15 is 0 Å². The normalized spacial score (nSPS) is 16.6. The molecule has 1 saturated heterocycles. The molecule has 0 saturated carbocycles. The lowest BCUT2D eigenvalue weighted by Gasteiger charge is -2.24. The number of benzene rings is 1. The average molecular weight is 361 g/mol. The highest BCUT2D eigenvalue weighted by Gasteiger charge is 2.31. The molecule has 1 unspecified atom stereocenters. The highest BCUT2D eigenvalue weighted by Crippen LogP contribution is 2.31. The van der Waals surface area contributed by atoms with Gasteiger partial charge in [-0.15, -0.1) is 0 Å². The number of carbonyl (C=O) groups excluding carboxylic acids is 1. The first-order valence-electron chi connectivity index (χ1n) is 9.38. The van der Waals surface area contributed by atoms with Crippen molar-refractivity contribution in [1.82, 2.24) is 24.4 Å². The van der Waals surface area contributed by atoms with Crippen molar-refractivity contribution in [3.63, 3.8) is 0 Å². The summed E-state index contributed by atoms with van der Waals surface area (Å²) < 4.78 is 1.91. The van der Waals surface area contributed by atoms with Crippen molar-refractivity contribution >= 4 is 5.91 Å². The summed E-state index contributed by atoms with van der Waals surface area (Å²) in [5, 5.41) is 0. The van der Waals surface area contributed by atoms with Crippen LogP contribution in [0.4, 0.5) is 0 Å². The Balaban J connectivity index is 1.50. The van der Waals surface area contributed by atoms with Crippen LogP contribution in [0.3, 0.4) is 0 Å². The fraction of sp³-hybridized carbons (Fsp3) is 0.333. The Morgan fingerprint density at radius 1 is 1.22 bits per heavy atom. The first-order valence-corrected chi connectivity index (χ1v) is 9.38. The summed E-state index contributed by atoms with van der Waals surface area (Å²) in [6.45, 7) is 2.72. The number of rotatable bonds is 5. The van der Waals surface area contributed by atoms with Crippen LogP contribution in [0.1, 0.15) is 42.4 Å². The number of nitrogens with zero attached hydrogens (tertiary/aromatic N) is 5. The molecule has 1 aliphatic rings. The van der Waals surface area contributed by atoms with Crippen LogP contribution in [0, 0.1) is 6.92 Å². The second kappa shape index (κ2) is 7.70. The summed E-state index contributed by atoms with van der Waals surface area (Å²) in [6, 6.07) is 10.2. The predicted molar refractivity (Wildman–Crippen MR) is 102 cm³/mol. The molecule has 6 nitrogen and oxygen atoms in total. The molecule has 27 heavy (non-hydrogen) atoms. The average Bonchev–Trinajstić information content (AvgIpc) is 3.36. The van der Waals surface area contributed by atoms with Gasteiger partial charge in [-0.25, -0.2) is 9.97 Å². The standard InChI is InChI=1S/C21H23N5O/c1-16-23-11-13-25(16)20-15-22-14-18(24-20)19-8-5-12-26(19)21(27)10-9-17-6-3-2-4-7-17/h2-4,6-7,11,13-15,19H,5,8-10,12H2,1H3. The highest BCUT2D eigenvalue weighted by molar-refractivity contribution is 5.77. The van der Waals surface area contributed by atoms with Crippen molar-refractivity contribution in [3.8, 4) is 5.82 Å². The Bertz CT molecular complexity index is 921. The van der Waals surface area contributed by atoms with Gasteiger partial charge in [-0.2, -0.15) is 0 Å². The quantitative estimate of drug-likeness (QED) is 0.700. The zero-order valence-electron chi connectivity index (χ0n) is 15.5. The maximum atomic E-state index is 12.8. The Morgan fingerprint density at radius 2 is 2.07 bits per heavy atom. The number of carbonyl (C=O) groups is 1. The van der Waals surface area contributed by atoms with Crippen LogP contribution >= 0.6 is 0 Å². The first kappa shape index (κ1) is 17.4. The fourth-order valence-electron chi connectivity index (χ4n) is 3.68. The summed E-state index contributed by atoms with van der Waals surface area (Å²) in [5.41, 5.74) is 2.05. The molecule has 1 aliphatic heterocycles. The minimum atomic E-state index is 0.00421. The number of aryl methyl sites for hydroxylation is 2. The van der Waals surface area contributed by atoms with Gasteiger partial charge in [-0.05, 0) is 31.7 Å². The second-order valence-electron chi connectivity index (χ2n) is 6.88. The van der Waals surface area contributed by atoms with Gasteiger partial charge in [0.1, 0.15) is 5.82 Å². The van der Waals surface area contributed by atoms with E-state index in [1.54, 1.807) is 18.6 Å². The van der Waals surface area contributed by atoms with Gasteiger partial charge in [-0.1, -0.05) is 30.3 Å². The molecule has 1 amide bonds. The maximum Gasteiger partial charge on any atom is 0.223 e. The Labute approximate surface area is 158 Å². The summed E-state index contributed by atoms with van der Waals surface area (Å²) >= 11 is 0. The van der Waals surface area contributed by atoms with E-state index in [0.717, 1.165) is 43.1 Å². The topological polar surface area (TPSA) is 63.9 Å². The van der Waals surface area contributed by atoms with Gasteiger partial charge < -0.3 is 4.90 Å². The molecule has 1 aromatic carbocycles. The molecule has 0 bridgehead atoms. The van der Waals surface area contributed by atoms with E-state index in [4.69, 9.17) is 4.98 Å². The lowest BCUT2D eigenvalue weighted by molar-refractivity contribution is -0.132. The largest absolute Gasteiger partial charge is 0.334 e. The van der Waals surface area contributed by atoms with Crippen LogP contribution in [0.25, 0.3) is 5.82 Å².